The van der Waals surface area contributed by atoms with Crippen molar-refractivity contribution in [3.63, 3.8) is 0 Å². The number of nitro groups is 1. The Balaban J connectivity index is 2.83. The molecule has 0 saturated carbocycles. The Bertz CT molecular complexity index is 961. The molecule has 0 radical (unpaired) electrons. The summed E-state index contributed by atoms with van der Waals surface area (Å²) in [7, 11) is 1.11. The molecule has 0 bridgehead atoms. The molecule has 0 unspecified atom stereocenters. The molecule has 0 fully saturated rings. The standard InChI is InChI=1S/C14H12F3N3O3S/c1-7-4-10(8(15)5-9(7)20(22)23)19-12(24)6-11(14(2,16)17)18(3)13(19)21/h4-6H,1-3H3. The lowest BCUT2D eigenvalue weighted by molar-refractivity contribution is -0.385. The first-order valence-electron chi connectivity index (χ1n) is 6.61. The molecule has 2 aromatic rings. The molecule has 0 aliphatic heterocycles. The number of nitrogens with zero attached hydrogens (tertiary/aromatic N) is 3. The summed E-state index contributed by atoms with van der Waals surface area (Å²) in [5.74, 6) is -4.37. The van der Waals surface area contributed by atoms with Crippen LogP contribution in [0.5, 0.6) is 0 Å². The minimum absolute atomic E-state index is 0.102. The molecule has 0 spiro atoms. The molecule has 128 valence electrons. The number of benzene rings is 1. The maximum absolute atomic E-state index is 14.2. The van der Waals surface area contributed by atoms with Crippen LogP contribution < -0.4 is 5.69 Å². The van der Waals surface area contributed by atoms with Gasteiger partial charge in [-0.05, 0) is 19.1 Å². The Morgan fingerprint density at radius 1 is 1.29 bits per heavy atom. The number of hydrogen-bond acceptors (Lipinski definition) is 4. The molecule has 1 heterocycles. The molecule has 0 amide bonds. The van der Waals surface area contributed by atoms with E-state index in [-0.39, 0.29) is 15.9 Å². The van der Waals surface area contributed by atoms with Crippen molar-refractivity contribution < 1.29 is 18.1 Å². The van der Waals surface area contributed by atoms with Crippen LogP contribution in [0.2, 0.25) is 0 Å². The monoisotopic (exact) mass is 359 g/mol. The van der Waals surface area contributed by atoms with Crippen molar-refractivity contribution >= 4 is 17.9 Å². The largest absolute Gasteiger partial charge is 0.334 e. The molecule has 6 nitrogen and oxygen atoms in total. The Labute approximate surface area is 138 Å². The molecule has 0 saturated heterocycles. The molecular formula is C14H12F3N3O3S. The number of hydrogen-bond donors (Lipinski definition) is 0. The van der Waals surface area contributed by atoms with Gasteiger partial charge in [0, 0.05) is 19.5 Å². The number of aryl methyl sites for hydroxylation is 1. The lowest BCUT2D eigenvalue weighted by Gasteiger charge is -2.17. The van der Waals surface area contributed by atoms with Crippen molar-refractivity contribution in [2.45, 2.75) is 19.8 Å². The number of aromatic nitrogens is 2. The van der Waals surface area contributed by atoms with E-state index < -0.39 is 33.7 Å². The quantitative estimate of drug-likeness (QED) is 0.479. The van der Waals surface area contributed by atoms with E-state index >= 15 is 0 Å². The van der Waals surface area contributed by atoms with Crippen LogP contribution in [-0.2, 0) is 13.0 Å². The molecular weight excluding hydrogens is 347 g/mol. The van der Waals surface area contributed by atoms with Crippen molar-refractivity contribution in [3.05, 3.63) is 60.5 Å². The van der Waals surface area contributed by atoms with Crippen LogP contribution in [0, 0.1) is 27.5 Å². The van der Waals surface area contributed by atoms with E-state index in [0.29, 0.717) is 17.6 Å². The summed E-state index contributed by atoms with van der Waals surface area (Å²) in [5.41, 5.74) is -2.30. The van der Waals surface area contributed by atoms with E-state index in [9.17, 15) is 28.1 Å². The minimum atomic E-state index is -3.31. The first-order valence-corrected chi connectivity index (χ1v) is 7.02. The Morgan fingerprint density at radius 3 is 2.38 bits per heavy atom. The third-order valence-corrected chi connectivity index (χ3v) is 3.77. The van der Waals surface area contributed by atoms with Gasteiger partial charge in [-0.3, -0.25) is 14.7 Å². The van der Waals surface area contributed by atoms with Gasteiger partial charge in [-0.25, -0.2) is 22.5 Å². The van der Waals surface area contributed by atoms with Crippen LogP contribution in [0.3, 0.4) is 0 Å². The zero-order valence-corrected chi connectivity index (χ0v) is 13.7. The Hall–Kier alpha value is -2.49. The second kappa shape index (κ2) is 5.86. The van der Waals surface area contributed by atoms with Crippen molar-refractivity contribution in [1.82, 2.24) is 9.13 Å². The van der Waals surface area contributed by atoms with Gasteiger partial charge in [-0.1, -0.05) is 12.2 Å². The van der Waals surface area contributed by atoms with Crippen molar-refractivity contribution in [2.75, 3.05) is 0 Å². The smallest absolute Gasteiger partial charge is 0.294 e. The van der Waals surface area contributed by atoms with Crippen molar-refractivity contribution in [3.8, 4) is 5.69 Å². The highest BCUT2D eigenvalue weighted by molar-refractivity contribution is 7.71. The second-order valence-electron chi connectivity index (χ2n) is 5.28. The van der Waals surface area contributed by atoms with Gasteiger partial charge in [-0.15, -0.1) is 0 Å². The van der Waals surface area contributed by atoms with Gasteiger partial charge in [-0.2, -0.15) is 0 Å². The summed E-state index contributed by atoms with van der Waals surface area (Å²) in [6.07, 6.45) is 0. The molecule has 1 aromatic heterocycles. The Kier molecular flexibility index (Phi) is 4.36. The summed E-state index contributed by atoms with van der Waals surface area (Å²) < 4.78 is 42.3. The predicted molar refractivity (Wildman–Crippen MR) is 82.8 cm³/mol. The number of nitro benzene ring substituents is 1. The molecule has 0 aliphatic carbocycles. The van der Waals surface area contributed by atoms with Gasteiger partial charge < -0.3 is 0 Å². The lowest BCUT2D eigenvalue weighted by Crippen LogP contribution is -2.34. The minimum Gasteiger partial charge on any atom is -0.294 e. The van der Waals surface area contributed by atoms with E-state index in [1.807, 2.05) is 0 Å². The zero-order chi connectivity index (χ0) is 18.4. The van der Waals surface area contributed by atoms with Crippen LogP contribution in [0.25, 0.3) is 5.69 Å². The van der Waals surface area contributed by atoms with Gasteiger partial charge in [0.1, 0.15) is 4.64 Å². The van der Waals surface area contributed by atoms with E-state index in [2.05, 4.69) is 0 Å². The van der Waals surface area contributed by atoms with Crippen molar-refractivity contribution in [1.29, 1.82) is 0 Å². The molecule has 0 aliphatic rings. The number of alkyl halides is 2. The SMILES string of the molecule is Cc1cc(-n2c(=S)cc(C(C)(F)F)n(C)c2=O)c(F)cc1[N+](=O)[O-]. The molecule has 0 N–H and O–H groups in total. The van der Waals surface area contributed by atoms with Gasteiger partial charge in [0.25, 0.3) is 11.6 Å². The third kappa shape index (κ3) is 2.96. The second-order valence-corrected chi connectivity index (χ2v) is 5.70. The topological polar surface area (TPSA) is 70.1 Å². The fourth-order valence-electron chi connectivity index (χ4n) is 2.29. The van der Waals surface area contributed by atoms with E-state index in [4.69, 9.17) is 12.2 Å². The zero-order valence-electron chi connectivity index (χ0n) is 12.8. The van der Waals surface area contributed by atoms with E-state index in [1.54, 1.807) is 0 Å². The van der Waals surface area contributed by atoms with Crippen molar-refractivity contribution in [2.24, 2.45) is 7.05 Å². The number of halogens is 3. The Morgan fingerprint density at radius 2 is 1.88 bits per heavy atom. The van der Waals surface area contributed by atoms with Crippen LogP contribution in [0.4, 0.5) is 18.9 Å². The number of rotatable bonds is 3. The first kappa shape index (κ1) is 17.9. The first-order chi connectivity index (χ1) is 10.9. The molecule has 0 atom stereocenters. The maximum Gasteiger partial charge on any atom is 0.334 e. The highest BCUT2D eigenvalue weighted by Gasteiger charge is 2.29. The van der Waals surface area contributed by atoms with Gasteiger partial charge in [0.15, 0.2) is 5.82 Å². The van der Waals surface area contributed by atoms with Gasteiger partial charge in [0.05, 0.1) is 22.4 Å². The molecule has 24 heavy (non-hydrogen) atoms. The summed E-state index contributed by atoms with van der Waals surface area (Å²) in [6.45, 7) is 1.97. The summed E-state index contributed by atoms with van der Waals surface area (Å²) in [5, 5.41) is 10.8. The normalized spacial score (nSPS) is 11.6. The summed E-state index contributed by atoms with van der Waals surface area (Å²) >= 11 is 4.94. The average molecular weight is 359 g/mol. The van der Waals surface area contributed by atoms with E-state index in [0.717, 1.165) is 23.7 Å². The highest BCUT2D eigenvalue weighted by Crippen LogP contribution is 2.27. The van der Waals surface area contributed by atoms with E-state index in [1.165, 1.54) is 6.92 Å². The summed E-state index contributed by atoms with van der Waals surface area (Å²) in [6, 6.07) is 2.63. The lowest BCUT2D eigenvalue weighted by atomic mass is 10.1. The fourth-order valence-corrected chi connectivity index (χ4v) is 2.58. The average Bonchev–Trinajstić information content (AvgIpc) is 2.44. The van der Waals surface area contributed by atoms with Gasteiger partial charge >= 0.3 is 5.69 Å². The third-order valence-electron chi connectivity index (χ3n) is 3.47. The predicted octanol–water partition coefficient (Wildman–Crippen LogP) is 3.37. The van der Waals surface area contributed by atoms with Crippen LogP contribution in [0.1, 0.15) is 18.2 Å². The van der Waals surface area contributed by atoms with Crippen LogP contribution in [-0.4, -0.2) is 14.1 Å². The fraction of sp³-hybridized carbons (Fsp3) is 0.286. The molecule has 2 rings (SSSR count). The summed E-state index contributed by atoms with van der Waals surface area (Å²) in [4.78, 5) is 22.4. The highest BCUT2D eigenvalue weighted by atomic mass is 32.1. The van der Waals surface area contributed by atoms with Crippen LogP contribution in [0.15, 0.2) is 23.0 Å². The van der Waals surface area contributed by atoms with Crippen LogP contribution >= 0.6 is 12.2 Å². The molecule has 1 aromatic carbocycles. The van der Waals surface area contributed by atoms with Gasteiger partial charge in [0.2, 0.25) is 0 Å². The maximum atomic E-state index is 14.2. The molecule has 10 heteroatoms.